The summed E-state index contributed by atoms with van der Waals surface area (Å²) >= 11 is 0. The van der Waals surface area contributed by atoms with E-state index in [9.17, 15) is 9.59 Å². The van der Waals surface area contributed by atoms with Crippen molar-refractivity contribution in [1.29, 1.82) is 0 Å². The third-order valence-electron chi connectivity index (χ3n) is 2.90. The van der Waals surface area contributed by atoms with E-state index in [1.54, 1.807) is 24.3 Å². The highest BCUT2D eigenvalue weighted by molar-refractivity contribution is 5.79. The molecule has 0 aliphatic carbocycles. The molecule has 1 aliphatic rings. The van der Waals surface area contributed by atoms with Crippen LogP contribution in [0.1, 0.15) is 6.42 Å². The SMILES string of the molecule is O=C(Cn1c(=O)oc2ccccc21)N1CCCO1. The Morgan fingerprint density at radius 1 is 1.33 bits per heavy atom. The van der Waals surface area contributed by atoms with Crippen molar-refractivity contribution in [2.45, 2.75) is 13.0 Å². The molecule has 6 nitrogen and oxygen atoms in total. The van der Waals surface area contributed by atoms with Gasteiger partial charge in [-0.1, -0.05) is 12.1 Å². The minimum absolute atomic E-state index is 0.0597. The van der Waals surface area contributed by atoms with Crippen molar-refractivity contribution in [3.8, 4) is 0 Å². The third kappa shape index (κ3) is 1.80. The summed E-state index contributed by atoms with van der Waals surface area (Å²) in [5.74, 6) is -0.759. The summed E-state index contributed by atoms with van der Waals surface area (Å²) in [7, 11) is 0. The maximum absolute atomic E-state index is 11.9. The van der Waals surface area contributed by atoms with E-state index in [-0.39, 0.29) is 12.5 Å². The molecule has 0 N–H and O–H groups in total. The molecule has 1 aliphatic heterocycles. The van der Waals surface area contributed by atoms with Crippen LogP contribution in [-0.2, 0) is 16.2 Å². The second-order valence-electron chi connectivity index (χ2n) is 4.10. The van der Waals surface area contributed by atoms with Gasteiger partial charge in [0.25, 0.3) is 5.91 Å². The Kier molecular flexibility index (Phi) is 2.64. The van der Waals surface area contributed by atoms with Crippen LogP contribution in [0.15, 0.2) is 33.5 Å². The molecule has 1 fully saturated rings. The van der Waals surface area contributed by atoms with Crippen molar-refractivity contribution in [2.75, 3.05) is 13.2 Å². The first-order chi connectivity index (χ1) is 8.75. The third-order valence-corrected chi connectivity index (χ3v) is 2.90. The van der Waals surface area contributed by atoms with Gasteiger partial charge in [-0.05, 0) is 18.6 Å². The average molecular weight is 248 g/mol. The summed E-state index contributed by atoms with van der Waals surface area (Å²) in [4.78, 5) is 28.7. The molecule has 94 valence electrons. The van der Waals surface area contributed by atoms with Gasteiger partial charge in [0, 0.05) is 0 Å². The predicted octanol–water partition coefficient (Wildman–Crippen LogP) is 0.758. The van der Waals surface area contributed by atoms with Crippen LogP contribution in [-0.4, -0.2) is 28.7 Å². The van der Waals surface area contributed by atoms with Crippen molar-refractivity contribution < 1.29 is 14.0 Å². The minimum atomic E-state index is -0.524. The number of hydrogen-bond donors (Lipinski definition) is 0. The molecule has 0 bridgehead atoms. The van der Waals surface area contributed by atoms with Gasteiger partial charge >= 0.3 is 5.76 Å². The van der Waals surface area contributed by atoms with E-state index in [2.05, 4.69) is 0 Å². The van der Waals surface area contributed by atoms with Crippen molar-refractivity contribution in [2.24, 2.45) is 0 Å². The van der Waals surface area contributed by atoms with E-state index in [1.807, 2.05) is 0 Å². The quantitative estimate of drug-likeness (QED) is 0.787. The lowest BCUT2D eigenvalue weighted by molar-refractivity contribution is -0.169. The maximum atomic E-state index is 11.9. The van der Waals surface area contributed by atoms with Crippen LogP contribution in [0.25, 0.3) is 11.1 Å². The van der Waals surface area contributed by atoms with E-state index in [0.717, 1.165) is 6.42 Å². The monoisotopic (exact) mass is 248 g/mol. The summed E-state index contributed by atoms with van der Waals surface area (Å²) < 4.78 is 6.38. The van der Waals surface area contributed by atoms with Crippen LogP contribution in [0.4, 0.5) is 0 Å². The van der Waals surface area contributed by atoms with Gasteiger partial charge in [-0.3, -0.25) is 14.2 Å². The summed E-state index contributed by atoms with van der Waals surface area (Å²) in [6, 6.07) is 7.02. The molecule has 6 heteroatoms. The maximum Gasteiger partial charge on any atom is 0.420 e. The normalized spacial score (nSPS) is 15.4. The molecular weight excluding hydrogens is 236 g/mol. The molecule has 1 aromatic carbocycles. The number of amides is 1. The fourth-order valence-electron chi connectivity index (χ4n) is 2.02. The number of hydrogen-bond acceptors (Lipinski definition) is 4. The number of rotatable bonds is 2. The van der Waals surface area contributed by atoms with Gasteiger partial charge in [-0.25, -0.2) is 9.86 Å². The predicted molar refractivity (Wildman–Crippen MR) is 62.8 cm³/mol. The minimum Gasteiger partial charge on any atom is -0.408 e. The van der Waals surface area contributed by atoms with E-state index in [0.29, 0.717) is 24.3 Å². The molecular formula is C12H12N2O4. The van der Waals surface area contributed by atoms with E-state index >= 15 is 0 Å². The number of carbonyl (C=O) groups is 1. The molecule has 1 aromatic heterocycles. The van der Waals surface area contributed by atoms with Crippen LogP contribution >= 0.6 is 0 Å². The van der Waals surface area contributed by atoms with Gasteiger partial charge in [-0.15, -0.1) is 0 Å². The largest absolute Gasteiger partial charge is 0.420 e. The molecule has 3 rings (SSSR count). The molecule has 1 saturated heterocycles. The number of hydroxylamine groups is 2. The number of oxazole rings is 1. The van der Waals surface area contributed by atoms with Crippen LogP contribution in [0, 0.1) is 0 Å². The molecule has 0 unspecified atom stereocenters. The van der Waals surface area contributed by atoms with Crippen LogP contribution in [0.3, 0.4) is 0 Å². The van der Waals surface area contributed by atoms with Gasteiger partial charge < -0.3 is 4.42 Å². The standard InChI is InChI=1S/C12H12N2O4/c15-11(14-6-3-7-17-14)8-13-9-4-1-2-5-10(9)18-12(13)16/h1-2,4-5H,3,6-8H2. The van der Waals surface area contributed by atoms with Gasteiger partial charge in [-0.2, -0.15) is 0 Å². The lowest BCUT2D eigenvalue weighted by atomic mass is 10.3. The number of fused-ring (bicyclic) bond motifs is 1. The van der Waals surface area contributed by atoms with Crippen molar-refractivity contribution in [1.82, 2.24) is 9.63 Å². The van der Waals surface area contributed by atoms with Crippen molar-refractivity contribution in [3.05, 3.63) is 34.8 Å². The van der Waals surface area contributed by atoms with Gasteiger partial charge in [0.05, 0.1) is 18.7 Å². The molecule has 0 atom stereocenters. The second kappa shape index (κ2) is 4.30. The number of benzene rings is 1. The van der Waals surface area contributed by atoms with Crippen LogP contribution < -0.4 is 5.76 Å². The van der Waals surface area contributed by atoms with Gasteiger partial charge in [0.1, 0.15) is 6.54 Å². The fourth-order valence-corrected chi connectivity index (χ4v) is 2.02. The molecule has 0 saturated carbocycles. The second-order valence-corrected chi connectivity index (χ2v) is 4.10. The van der Waals surface area contributed by atoms with E-state index in [1.165, 1.54) is 9.63 Å². The van der Waals surface area contributed by atoms with Crippen LogP contribution in [0.2, 0.25) is 0 Å². The summed E-state index contributed by atoms with van der Waals surface area (Å²) in [6.07, 6.45) is 0.826. The van der Waals surface area contributed by atoms with Gasteiger partial charge in [0.2, 0.25) is 0 Å². The first-order valence-corrected chi connectivity index (χ1v) is 5.77. The molecule has 18 heavy (non-hydrogen) atoms. The van der Waals surface area contributed by atoms with E-state index in [4.69, 9.17) is 9.25 Å². The van der Waals surface area contributed by atoms with E-state index < -0.39 is 5.76 Å². The topological polar surface area (TPSA) is 64.7 Å². The average Bonchev–Trinajstić information content (AvgIpc) is 2.98. The Morgan fingerprint density at radius 2 is 2.17 bits per heavy atom. The fraction of sp³-hybridized carbons (Fsp3) is 0.333. The van der Waals surface area contributed by atoms with Gasteiger partial charge in [0.15, 0.2) is 5.58 Å². The zero-order valence-electron chi connectivity index (χ0n) is 9.67. The zero-order chi connectivity index (χ0) is 12.5. The summed E-state index contributed by atoms with van der Waals surface area (Å²) in [6.45, 7) is 1.06. The molecule has 2 heterocycles. The number of aromatic nitrogens is 1. The lowest BCUT2D eigenvalue weighted by Crippen LogP contribution is -2.32. The Labute approximate surface area is 102 Å². The summed E-state index contributed by atoms with van der Waals surface area (Å²) in [5.41, 5.74) is 1.10. The Morgan fingerprint density at radius 3 is 2.94 bits per heavy atom. The Balaban J connectivity index is 1.92. The Bertz CT molecular complexity index is 637. The van der Waals surface area contributed by atoms with Crippen molar-refractivity contribution in [3.63, 3.8) is 0 Å². The number of carbonyl (C=O) groups excluding carboxylic acids is 1. The van der Waals surface area contributed by atoms with Crippen molar-refractivity contribution >= 4 is 17.0 Å². The summed E-state index contributed by atoms with van der Waals surface area (Å²) in [5, 5.41) is 1.30. The highest BCUT2D eigenvalue weighted by Crippen LogP contribution is 2.12. The highest BCUT2D eigenvalue weighted by Gasteiger charge is 2.21. The highest BCUT2D eigenvalue weighted by atomic mass is 16.7. The first kappa shape index (κ1) is 11.0. The number of para-hydroxylation sites is 2. The molecule has 2 aromatic rings. The molecule has 0 spiro atoms. The van der Waals surface area contributed by atoms with Crippen LogP contribution in [0.5, 0.6) is 0 Å². The zero-order valence-corrected chi connectivity index (χ0v) is 9.67. The first-order valence-electron chi connectivity index (χ1n) is 5.77. The lowest BCUT2D eigenvalue weighted by Gasteiger charge is -2.13. The molecule has 0 radical (unpaired) electrons. The number of nitrogens with zero attached hydrogens (tertiary/aromatic N) is 2. The smallest absolute Gasteiger partial charge is 0.408 e. The Hall–Kier alpha value is -2.08. The molecule has 1 amide bonds.